The molecule has 0 aromatic rings. The monoisotopic (exact) mass is 130 g/mol. The van der Waals surface area contributed by atoms with Crippen molar-refractivity contribution in [2.45, 2.75) is 6.92 Å². The van der Waals surface area contributed by atoms with Crippen LogP contribution in [-0.4, -0.2) is 11.7 Å². The van der Waals surface area contributed by atoms with Crippen molar-refractivity contribution >= 4 is 11.8 Å². The molecule has 0 amide bonds. The Morgan fingerprint density at radius 3 is 2.88 bits per heavy atom. The van der Waals surface area contributed by atoms with E-state index >= 15 is 0 Å². The Bertz CT molecular complexity index is 96.7. The lowest BCUT2D eigenvalue weighted by Gasteiger charge is -1.91. The van der Waals surface area contributed by atoms with E-state index in [-0.39, 0.29) is 6.61 Å². The molecule has 0 aromatic carbocycles. The van der Waals surface area contributed by atoms with Crippen LogP contribution in [0.2, 0.25) is 0 Å². The molecule has 0 saturated heterocycles. The summed E-state index contributed by atoms with van der Waals surface area (Å²) >= 11 is 1.45. The van der Waals surface area contributed by atoms with Gasteiger partial charge in [-0.15, -0.1) is 11.8 Å². The molecule has 0 heterocycles. The summed E-state index contributed by atoms with van der Waals surface area (Å²) in [7, 11) is 0. The number of aliphatic hydroxyl groups excluding tert-OH is 1. The predicted molar refractivity (Wildman–Crippen MR) is 38.6 cm³/mol. The van der Waals surface area contributed by atoms with Gasteiger partial charge in [-0.3, -0.25) is 0 Å². The van der Waals surface area contributed by atoms with Crippen molar-refractivity contribution in [3.8, 4) is 0 Å². The first kappa shape index (κ1) is 7.79. The lowest BCUT2D eigenvalue weighted by atomic mass is 10.7. The van der Waals surface area contributed by atoms with Crippen LogP contribution in [0.1, 0.15) is 6.92 Å². The second kappa shape index (κ2) is 4.94. The number of hydrogen-bond acceptors (Lipinski definition) is 2. The predicted octanol–water partition coefficient (Wildman–Crippen LogP) is 1.76. The zero-order chi connectivity index (χ0) is 6.41. The van der Waals surface area contributed by atoms with Gasteiger partial charge in [0.05, 0.1) is 6.61 Å². The van der Waals surface area contributed by atoms with Gasteiger partial charge in [-0.05, 0) is 12.3 Å². The summed E-state index contributed by atoms with van der Waals surface area (Å²) in [6.45, 7) is 5.57. The van der Waals surface area contributed by atoms with Gasteiger partial charge in [-0.1, -0.05) is 12.7 Å². The average Bonchev–Trinajstić information content (AvgIpc) is 1.83. The molecule has 0 bridgehead atoms. The molecule has 0 spiro atoms. The Morgan fingerprint density at radius 2 is 2.50 bits per heavy atom. The van der Waals surface area contributed by atoms with Crippen LogP contribution in [0.25, 0.3) is 0 Å². The van der Waals surface area contributed by atoms with Gasteiger partial charge in [0.15, 0.2) is 0 Å². The SMILES string of the molecule is C=C(CO)S/C=C\C. The Hall–Kier alpha value is -0.210. The molecule has 0 rings (SSSR count). The first-order valence-electron chi connectivity index (χ1n) is 2.37. The molecule has 2 heteroatoms. The number of rotatable bonds is 3. The Kier molecular flexibility index (Phi) is 4.81. The fourth-order valence-electron chi connectivity index (χ4n) is 0.202. The molecular weight excluding hydrogens is 120 g/mol. The molecule has 0 aromatic heterocycles. The smallest absolute Gasteiger partial charge is 0.0738 e. The Balaban J connectivity index is 3.25. The minimum Gasteiger partial charge on any atom is -0.391 e. The van der Waals surface area contributed by atoms with Gasteiger partial charge in [0.1, 0.15) is 0 Å². The fourth-order valence-corrected chi connectivity index (χ4v) is 0.605. The van der Waals surface area contributed by atoms with E-state index in [2.05, 4.69) is 6.58 Å². The number of hydrogen-bond donors (Lipinski definition) is 1. The van der Waals surface area contributed by atoms with E-state index in [4.69, 9.17) is 5.11 Å². The van der Waals surface area contributed by atoms with Crippen molar-refractivity contribution in [2.75, 3.05) is 6.61 Å². The summed E-state index contributed by atoms with van der Waals surface area (Å²) in [5.74, 6) is 0. The van der Waals surface area contributed by atoms with Crippen molar-refractivity contribution in [1.29, 1.82) is 0 Å². The van der Waals surface area contributed by atoms with Crippen molar-refractivity contribution in [2.24, 2.45) is 0 Å². The normalized spacial score (nSPS) is 10.2. The van der Waals surface area contributed by atoms with Gasteiger partial charge in [-0.25, -0.2) is 0 Å². The molecule has 0 unspecified atom stereocenters. The van der Waals surface area contributed by atoms with Crippen LogP contribution in [0.5, 0.6) is 0 Å². The average molecular weight is 130 g/mol. The van der Waals surface area contributed by atoms with Crippen molar-refractivity contribution < 1.29 is 5.11 Å². The lowest BCUT2D eigenvalue weighted by molar-refractivity contribution is 0.340. The molecule has 46 valence electrons. The van der Waals surface area contributed by atoms with E-state index in [1.54, 1.807) is 0 Å². The molecule has 0 aliphatic carbocycles. The van der Waals surface area contributed by atoms with Crippen molar-refractivity contribution in [3.05, 3.63) is 23.0 Å². The lowest BCUT2D eigenvalue weighted by Crippen LogP contribution is -1.77. The maximum absolute atomic E-state index is 8.41. The zero-order valence-electron chi connectivity index (χ0n) is 4.92. The van der Waals surface area contributed by atoms with Gasteiger partial charge in [0.25, 0.3) is 0 Å². The first-order chi connectivity index (χ1) is 3.81. The van der Waals surface area contributed by atoms with Crippen LogP contribution in [0.15, 0.2) is 23.0 Å². The molecule has 0 aliphatic rings. The highest BCUT2D eigenvalue weighted by Crippen LogP contribution is 2.12. The summed E-state index contributed by atoms with van der Waals surface area (Å²) in [6.07, 6.45) is 1.91. The molecule has 1 N–H and O–H groups in total. The summed E-state index contributed by atoms with van der Waals surface area (Å²) in [6, 6.07) is 0. The first-order valence-corrected chi connectivity index (χ1v) is 3.25. The van der Waals surface area contributed by atoms with E-state index in [9.17, 15) is 0 Å². The van der Waals surface area contributed by atoms with E-state index in [1.165, 1.54) is 11.8 Å². The molecule has 8 heavy (non-hydrogen) atoms. The van der Waals surface area contributed by atoms with Crippen LogP contribution in [-0.2, 0) is 0 Å². The summed E-state index contributed by atoms with van der Waals surface area (Å²) in [5.41, 5.74) is 0. The zero-order valence-corrected chi connectivity index (χ0v) is 5.74. The van der Waals surface area contributed by atoms with Gasteiger partial charge < -0.3 is 5.11 Å². The summed E-state index contributed by atoms with van der Waals surface area (Å²) in [4.78, 5) is 0.781. The van der Waals surface area contributed by atoms with Gasteiger partial charge in [0, 0.05) is 4.91 Å². The minimum atomic E-state index is 0.0645. The largest absolute Gasteiger partial charge is 0.391 e. The topological polar surface area (TPSA) is 20.2 Å². The Labute approximate surface area is 54.1 Å². The van der Waals surface area contributed by atoms with Gasteiger partial charge >= 0.3 is 0 Å². The fraction of sp³-hybridized carbons (Fsp3) is 0.333. The quantitative estimate of drug-likeness (QED) is 0.628. The summed E-state index contributed by atoms with van der Waals surface area (Å²) in [5, 5.41) is 10.3. The highest BCUT2D eigenvalue weighted by atomic mass is 32.2. The highest BCUT2D eigenvalue weighted by molar-refractivity contribution is 8.05. The third-order valence-corrected chi connectivity index (χ3v) is 1.42. The minimum absolute atomic E-state index is 0.0645. The van der Waals surface area contributed by atoms with E-state index in [1.807, 2.05) is 18.4 Å². The standard InChI is InChI=1S/C6H10OS/c1-3-4-8-6(2)5-7/h3-4,7H,2,5H2,1H3/b4-3-. The third-order valence-electron chi connectivity index (χ3n) is 0.547. The molecule has 0 radical (unpaired) electrons. The second-order valence-electron chi connectivity index (χ2n) is 1.28. The second-order valence-corrected chi connectivity index (χ2v) is 2.37. The number of allylic oxidation sites excluding steroid dienone is 1. The molecule has 1 nitrogen and oxygen atoms in total. The van der Waals surface area contributed by atoms with Crippen LogP contribution in [0.3, 0.4) is 0 Å². The molecule has 0 atom stereocenters. The van der Waals surface area contributed by atoms with Gasteiger partial charge in [0.2, 0.25) is 0 Å². The maximum Gasteiger partial charge on any atom is 0.0738 e. The highest BCUT2D eigenvalue weighted by Gasteiger charge is 1.83. The number of aliphatic hydroxyl groups is 1. The summed E-state index contributed by atoms with van der Waals surface area (Å²) < 4.78 is 0. The molecule has 0 fully saturated rings. The van der Waals surface area contributed by atoms with Crippen molar-refractivity contribution in [1.82, 2.24) is 0 Å². The van der Waals surface area contributed by atoms with E-state index in [0.29, 0.717) is 0 Å². The third kappa shape index (κ3) is 3.96. The molecule has 0 aliphatic heterocycles. The van der Waals surface area contributed by atoms with E-state index in [0.717, 1.165) is 4.91 Å². The van der Waals surface area contributed by atoms with E-state index < -0.39 is 0 Å². The van der Waals surface area contributed by atoms with Crippen LogP contribution in [0, 0.1) is 0 Å². The van der Waals surface area contributed by atoms with Crippen LogP contribution in [0.4, 0.5) is 0 Å². The molecular formula is C6H10OS. The van der Waals surface area contributed by atoms with Crippen molar-refractivity contribution in [3.63, 3.8) is 0 Å². The van der Waals surface area contributed by atoms with Crippen LogP contribution < -0.4 is 0 Å². The van der Waals surface area contributed by atoms with Crippen LogP contribution >= 0.6 is 11.8 Å². The Morgan fingerprint density at radius 1 is 1.88 bits per heavy atom. The van der Waals surface area contributed by atoms with Gasteiger partial charge in [-0.2, -0.15) is 0 Å². The number of thioether (sulfide) groups is 1. The molecule has 0 saturated carbocycles. The maximum atomic E-state index is 8.41.